The average molecular weight is 498 g/mol. The van der Waals surface area contributed by atoms with Crippen molar-refractivity contribution in [2.75, 3.05) is 5.32 Å². The van der Waals surface area contributed by atoms with Crippen molar-refractivity contribution in [2.45, 2.75) is 40.3 Å². The highest BCUT2D eigenvalue weighted by molar-refractivity contribution is 6.35. The predicted molar refractivity (Wildman–Crippen MR) is 134 cm³/mol. The summed E-state index contributed by atoms with van der Waals surface area (Å²) in [7, 11) is 0. The van der Waals surface area contributed by atoms with Crippen LogP contribution in [0.3, 0.4) is 0 Å². The summed E-state index contributed by atoms with van der Waals surface area (Å²) in [4.78, 5) is 12.8. The summed E-state index contributed by atoms with van der Waals surface area (Å²) >= 11 is 12.3. The molecular formula is C26H25Cl2N3O3. The van der Waals surface area contributed by atoms with Crippen LogP contribution in [0.5, 0.6) is 5.75 Å². The number of aromatic nitrogens is 2. The minimum Gasteiger partial charge on any atom is -0.486 e. The highest BCUT2D eigenvalue weighted by Gasteiger charge is 2.18. The van der Waals surface area contributed by atoms with Gasteiger partial charge in [0.15, 0.2) is 5.76 Å². The molecule has 0 aliphatic heterocycles. The molecule has 6 nitrogen and oxygen atoms in total. The van der Waals surface area contributed by atoms with Crippen molar-refractivity contribution in [1.82, 2.24) is 9.78 Å². The molecule has 0 unspecified atom stereocenters. The summed E-state index contributed by atoms with van der Waals surface area (Å²) in [6.07, 6.45) is 0.976. The number of benzene rings is 2. The third-order valence-electron chi connectivity index (χ3n) is 5.55. The second-order valence-electron chi connectivity index (χ2n) is 7.95. The number of aryl methyl sites for hydroxylation is 2. The van der Waals surface area contributed by atoms with E-state index in [0.29, 0.717) is 33.7 Å². The number of hydrogen-bond donors (Lipinski definition) is 1. The molecule has 0 bridgehead atoms. The van der Waals surface area contributed by atoms with Gasteiger partial charge in [-0.05, 0) is 67.8 Å². The Bertz CT molecular complexity index is 1310. The second-order valence-corrected chi connectivity index (χ2v) is 8.79. The number of anilines is 1. The van der Waals surface area contributed by atoms with Crippen molar-refractivity contribution in [3.8, 4) is 5.75 Å². The van der Waals surface area contributed by atoms with E-state index in [4.69, 9.17) is 32.4 Å². The maximum atomic E-state index is 12.8. The molecule has 2 aromatic carbocycles. The van der Waals surface area contributed by atoms with Gasteiger partial charge in [-0.1, -0.05) is 48.3 Å². The molecule has 0 atom stereocenters. The molecule has 0 aliphatic rings. The molecule has 2 aromatic heterocycles. The molecule has 0 radical (unpaired) electrons. The SMILES string of the molecule is CCc1ccc(OCc2ccc(C(=O)Nc3c(C)nn(Cc4ccc(Cl)cc4Cl)c3C)o2)cc1. The van der Waals surface area contributed by atoms with Crippen LogP contribution in [0, 0.1) is 13.8 Å². The van der Waals surface area contributed by atoms with Crippen LogP contribution in [0.1, 0.15) is 45.8 Å². The largest absolute Gasteiger partial charge is 0.486 e. The molecule has 34 heavy (non-hydrogen) atoms. The van der Waals surface area contributed by atoms with Gasteiger partial charge < -0.3 is 14.5 Å². The number of ether oxygens (including phenoxy) is 1. The Morgan fingerprint density at radius 2 is 1.85 bits per heavy atom. The molecular weight excluding hydrogens is 473 g/mol. The number of hydrogen-bond acceptors (Lipinski definition) is 4. The van der Waals surface area contributed by atoms with E-state index in [1.54, 1.807) is 28.9 Å². The van der Waals surface area contributed by atoms with Crippen LogP contribution in [0.15, 0.2) is 59.0 Å². The Morgan fingerprint density at radius 3 is 2.56 bits per heavy atom. The number of halogens is 2. The Labute approximate surface area is 208 Å². The Hall–Kier alpha value is -3.22. The van der Waals surface area contributed by atoms with Crippen molar-refractivity contribution >= 4 is 34.8 Å². The molecule has 4 rings (SSSR count). The highest BCUT2D eigenvalue weighted by atomic mass is 35.5. The standard InChI is InChI=1S/C26H25Cl2N3O3/c1-4-18-5-9-21(10-6-18)33-15-22-11-12-24(34-22)26(32)29-25-16(2)30-31(17(25)3)14-19-7-8-20(27)13-23(19)28/h5-13H,4,14-15H2,1-3H3,(H,29,32). The summed E-state index contributed by atoms with van der Waals surface area (Å²) in [5.74, 6) is 1.16. The number of nitrogens with one attached hydrogen (secondary N) is 1. The maximum Gasteiger partial charge on any atom is 0.291 e. The maximum absolute atomic E-state index is 12.8. The minimum atomic E-state index is -0.353. The molecule has 2 heterocycles. The Balaban J connectivity index is 1.41. The average Bonchev–Trinajstić information content (AvgIpc) is 3.40. The lowest BCUT2D eigenvalue weighted by Gasteiger charge is -2.08. The van der Waals surface area contributed by atoms with Gasteiger partial charge in [-0.2, -0.15) is 5.10 Å². The zero-order chi connectivity index (χ0) is 24.2. The molecule has 0 spiro atoms. The van der Waals surface area contributed by atoms with Gasteiger partial charge in [-0.25, -0.2) is 0 Å². The zero-order valence-electron chi connectivity index (χ0n) is 19.2. The summed E-state index contributed by atoms with van der Waals surface area (Å²) in [5.41, 5.74) is 4.27. The monoisotopic (exact) mass is 497 g/mol. The van der Waals surface area contributed by atoms with Crippen LogP contribution >= 0.6 is 23.2 Å². The lowest BCUT2D eigenvalue weighted by Crippen LogP contribution is -2.12. The molecule has 0 fully saturated rings. The number of carbonyl (C=O) groups is 1. The zero-order valence-corrected chi connectivity index (χ0v) is 20.7. The van der Waals surface area contributed by atoms with E-state index in [1.807, 2.05) is 44.2 Å². The topological polar surface area (TPSA) is 69.3 Å². The first kappa shape index (κ1) is 23.9. The van der Waals surface area contributed by atoms with Crippen molar-refractivity contribution in [1.29, 1.82) is 0 Å². The quantitative estimate of drug-likeness (QED) is 0.289. The molecule has 0 saturated carbocycles. The fourth-order valence-electron chi connectivity index (χ4n) is 3.57. The van der Waals surface area contributed by atoms with Crippen LogP contribution in [-0.4, -0.2) is 15.7 Å². The molecule has 0 saturated heterocycles. The molecule has 4 aromatic rings. The number of nitrogens with zero attached hydrogens (tertiary/aromatic N) is 2. The van der Waals surface area contributed by atoms with Gasteiger partial charge in [0, 0.05) is 10.0 Å². The Kier molecular flexibility index (Phi) is 7.29. The summed E-state index contributed by atoms with van der Waals surface area (Å²) in [6.45, 7) is 6.53. The summed E-state index contributed by atoms with van der Waals surface area (Å²) in [6, 6.07) is 16.6. The smallest absolute Gasteiger partial charge is 0.291 e. The molecule has 0 aliphatic carbocycles. The molecule has 8 heteroatoms. The van der Waals surface area contributed by atoms with E-state index < -0.39 is 0 Å². The van der Waals surface area contributed by atoms with Crippen molar-refractivity contribution < 1.29 is 13.9 Å². The number of amides is 1. The lowest BCUT2D eigenvalue weighted by molar-refractivity contribution is 0.0992. The first-order chi connectivity index (χ1) is 16.3. The fourth-order valence-corrected chi connectivity index (χ4v) is 4.04. The van der Waals surface area contributed by atoms with E-state index in [9.17, 15) is 4.79 Å². The van der Waals surface area contributed by atoms with E-state index in [2.05, 4.69) is 17.3 Å². The fraction of sp³-hybridized carbons (Fsp3) is 0.231. The van der Waals surface area contributed by atoms with Crippen molar-refractivity contribution in [3.63, 3.8) is 0 Å². The first-order valence-electron chi connectivity index (χ1n) is 10.9. The van der Waals surface area contributed by atoms with Crippen molar-refractivity contribution in [2.24, 2.45) is 0 Å². The van der Waals surface area contributed by atoms with Crippen molar-refractivity contribution in [3.05, 3.63) is 98.7 Å². The molecule has 1 amide bonds. The van der Waals surface area contributed by atoms with E-state index in [-0.39, 0.29) is 18.3 Å². The third kappa shape index (κ3) is 5.46. The minimum absolute atomic E-state index is 0.201. The van der Waals surface area contributed by atoms with Crippen LogP contribution in [0.4, 0.5) is 5.69 Å². The van der Waals surface area contributed by atoms with E-state index in [0.717, 1.165) is 23.4 Å². The van der Waals surface area contributed by atoms with Gasteiger partial charge >= 0.3 is 0 Å². The molecule has 1 N–H and O–H groups in total. The summed E-state index contributed by atoms with van der Waals surface area (Å²) in [5, 5.41) is 8.61. The number of rotatable bonds is 8. The highest BCUT2D eigenvalue weighted by Crippen LogP contribution is 2.25. The van der Waals surface area contributed by atoms with Crippen LogP contribution in [0.2, 0.25) is 10.0 Å². The lowest BCUT2D eigenvalue weighted by atomic mass is 10.2. The van der Waals surface area contributed by atoms with Gasteiger partial charge in [-0.3, -0.25) is 9.48 Å². The van der Waals surface area contributed by atoms with Gasteiger partial charge in [-0.15, -0.1) is 0 Å². The predicted octanol–water partition coefficient (Wildman–Crippen LogP) is 6.84. The third-order valence-corrected chi connectivity index (χ3v) is 6.14. The number of furan rings is 1. The van der Waals surface area contributed by atoms with Gasteiger partial charge in [0.05, 0.1) is 23.6 Å². The summed E-state index contributed by atoms with van der Waals surface area (Å²) < 4.78 is 13.3. The first-order valence-corrected chi connectivity index (χ1v) is 11.7. The van der Waals surface area contributed by atoms with Gasteiger partial charge in [0.1, 0.15) is 18.1 Å². The van der Waals surface area contributed by atoms with E-state index in [1.165, 1.54) is 5.56 Å². The Morgan fingerprint density at radius 1 is 1.09 bits per heavy atom. The normalized spacial score (nSPS) is 11.0. The van der Waals surface area contributed by atoms with Crippen LogP contribution in [0.25, 0.3) is 0 Å². The van der Waals surface area contributed by atoms with Gasteiger partial charge in [0.2, 0.25) is 0 Å². The van der Waals surface area contributed by atoms with E-state index >= 15 is 0 Å². The van der Waals surface area contributed by atoms with Crippen LogP contribution in [-0.2, 0) is 19.6 Å². The second kappa shape index (κ2) is 10.4. The molecule has 176 valence electrons. The number of carbonyl (C=O) groups excluding carboxylic acids is 1. The van der Waals surface area contributed by atoms with Crippen LogP contribution < -0.4 is 10.1 Å². The van der Waals surface area contributed by atoms with Gasteiger partial charge in [0.25, 0.3) is 5.91 Å².